The smallest absolute Gasteiger partial charge is 0.165 e. The maximum Gasteiger partial charge on any atom is 0.165 e. The third-order valence-corrected chi connectivity index (χ3v) is 19.1. The van der Waals surface area contributed by atoms with Crippen LogP contribution >= 0.6 is 0 Å². The number of nitrogens with zero attached hydrogens (tertiary/aromatic N) is 11. The fraction of sp³-hybridized carbons (Fsp3) is 0.603. The first kappa shape index (κ1) is 57.7. The molecule has 4 aliphatic carbocycles. The molecule has 19 nitrogen and oxygen atoms in total. The molecule has 0 aliphatic heterocycles. The summed E-state index contributed by atoms with van der Waals surface area (Å²) < 4.78 is 3.81. The van der Waals surface area contributed by atoms with Gasteiger partial charge in [0, 0.05) is 68.1 Å². The largest absolute Gasteiger partial charge is 0.390 e. The summed E-state index contributed by atoms with van der Waals surface area (Å²) in [6.07, 6.45) is 13.3. The lowest BCUT2D eigenvalue weighted by atomic mass is 9.76. The monoisotopic (exact) mass is 1120 g/mol. The number of hydrogen-bond acceptors (Lipinski definition) is 15. The molecule has 4 fully saturated rings. The molecular formula is C63H89N15O4. The highest BCUT2D eigenvalue weighted by Crippen LogP contribution is 2.44. The summed E-state index contributed by atoms with van der Waals surface area (Å²) in [7, 11) is 0. The second-order valence-electron chi connectivity index (χ2n) is 27.4. The molecule has 8 atom stereocenters. The van der Waals surface area contributed by atoms with Crippen molar-refractivity contribution in [1.82, 2.24) is 63.8 Å². The molecule has 12 rings (SSSR count). The molecule has 82 heavy (non-hydrogen) atoms. The Morgan fingerprint density at radius 2 is 1.04 bits per heavy atom. The zero-order valence-corrected chi connectivity index (χ0v) is 49.8. The Morgan fingerprint density at radius 1 is 0.573 bits per heavy atom. The minimum absolute atomic E-state index is 0.0124. The van der Waals surface area contributed by atoms with Crippen molar-refractivity contribution in [1.29, 1.82) is 0 Å². The number of nitrogen functional groups attached to an aromatic ring is 2. The number of nitrogens with one attached hydrogen (secondary N) is 2. The number of fused-ring (bicyclic) bond motifs is 4. The maximum absolute atomic E-state index is 11.1. The summed E-state index contributed by atoms with van der Waals surface area (Å²) in [6.45, 7) is 23.9. The van der Waals surface area contributed by atoms with Crippen LogP contribution in [0.4, 0.5) is 11.6 Å². The zero-order chi connectivity index (χ0) is 58.1. The number of aromatic nitrogens is 11. The Morgan fingerprint density at radius 3 is 1.51 bits per heavy atom. The summed E-state index contributed by atoms with van der Waals surface area (Å²) in [6, 6.07) is 16.2. The number of aliphatic hydroxyl groups excluding tert-OH is 4. The van der Waals surface area contributed by atoms with Gasteiger partial charge in [-0.2, -0.15) is 0 Å². The second kappa shape index (κ2) is 22.8. The first-order valence-corrected chi connectivity index (χ1v) is 30.2. The molecule has 6 aromatic heterocycles. The van der Waals surface area contributed by atoms with Crippen molar-refractivity contribution in [3.05, 3.63) is 90.4 Å². The van der Waals surface area contributed by atoms with E-state index in [1.54, 1.807) is 6.33 Å². The number of anilines is 2. The SMILES string of the molecule is CC(C)N(C[C@H]1C[C@@H](n2ccc3c(N)ncnc32)[C@H](O)[C@@H]1O)C1CC(CCc2nc3ccc(C(C)(C)C)cc3[nH]2)C1.CC(C)N(C[C@H]1C[C@@H](n2cnc3c(N)ncnc32)[C@H](O)[C@@H]1O)C1CC(CCc2nc3ccc(C(C)(C)C)cc3[nH]2)C1. The predicted molar refractivity (Wildman–Crippen MR) is 323 cm³/mol. The van der Waals surface area contributed by atoms with Gasteiger partial charge < -0.3 is 51.0 Å². The van der Waals surface area contributed by atoms with Crippen molar-refractivity contribution in [2.45, 2.75) is 205 Å². The molecule has 0 amide bonds. The van der Waals surface area contributed by atoms with Gasteiger partial charge in [0.2, 0.25) is 0 Å². The average Bonchev–Trinajstić information content (AvgIpc) is 4.41. The normalized spacial score (nSPS) is 27.0. The van der Waals surface area contributed by atoms with Crippen molar-refractivity contribution >= 4 is 55.9 Å². The van der Waals surface area contributed by atoms with Crippen LogP contribution in [-0.4, -0.2) is 146 Å². The van der Waals surface area contributed by atoms with Crippen LogP contribution in [0.25, 0.3) is 44.3 Å². The molecule has 0 bridgehead atoms. The Kier molecular flexibility index (Phi) is 16.1. The lowest BCUT2D eigenvalue weighted by Crippen LogP contribution is -2.51. The number of imidazole rings is 3. The zero-order valence-electron chi connectivity index (χ0n) is 49.8. The van der Waals surface area contributed by atoms with Gasteiger partial charge in [0.25, 0.3) is 0 Å². The van der Waals surface area contributed by atoms with E-state index < -0.39 is 24.4 Å². The molecule has 19 heteroatoms. The molecular weight excluding hydrogens is 1030 g/mol. The van der Waals surface area contributed by atoms with E-state index in [1.165, 1.54) is 36.6 Å². The molecule has 10 N–H and O–H groups in total. The maximum atomic E-state index is 11.1. The third-order valence-electron chi connectivity index (χ3n) is 19.1. The molecule has 440 valence electrons. The van der Waals surface area contributed by atoms with E-state index in [2.05, 4.69) is 150 Å². The van der Waals surface area contributed by atoms with E-state index in [4.69, 9.17) is 21.4 Å². The molecule has 4 saturated carbocycles. The van der Waals surface area contributed by atoms with Gasteiger partial charge >= 0.3 is 0 Å². The minimum atomic E-state index is -0.889. The molecule has 8 aromatic rings. The highest BCUT2D eigenvalue weighted by atomic mass is 16.3. The van der Waals surface area contributed by atoms with E-state index in [0.29, 0.717) is 77.3 Å². The van der Waals surface area contributed by atoms with Crippen molar-refractivity contribution in [3.8, 4) is 0 Å². The van der Waals surface area contributed by atoms with Crippen LogP contribution < -0.4 is 11.5 Å². The third kappa shape index (κ3) is 11.6. The number of aromatic amines is 2. The van der Waals surface area contributed by atoms with Gasteiger partial charge in [-0.3, -0.25) is 9.80 Å². The van der Waals surface area contributed by atoms with Gasteiger partial charge in [0.15, 0.2) is 11.5 Å². The highest BCUT2D eigenvalue weighted by molar-refractivity contribution is 5.86. The van der Waals surface area contributed by atoms with E-state index >= 15 is 0 Å². The van der Waals surface area contributed by atoms with Gasteiger partial charge in [-0.25, -0.2) is 34.9 Å². The summed E-state index contributed by atoms with van der Waals surface area (Å²) in [5.74, 6) is 4.20. The molecule has 0 saturated heterocycles. The number of nitrogens with two attached hydrogens (primary N) is 2. The molecule has 0 spiro atoms. The summed E-state index contributed by atoms with van der Waals surface area (Å²) in [5.41, 5.74) is 21.0. The average molecular weight is 1120 g/mol. The van der Waals surface area contributed by atoms with Crippen molar-refractivity contribution in [2.24, 2.45) is 23.7 Å². The lowest BCUT2D eigenvalue weighted by Gasteiger charge is -2.46. The van der Waals surface area contributed by atoms with E-state index in [9.17, 15) is 20.4 Å². The van der Waals surface area contributed by atoms with Crippen LogP contribution in [0.5, 0.6) is 0 Å². The number of rotatable bonds is 16. The lowest BCUT2D eigenvalue weighted by molar-refractivity contribution is -0.0180. The Balaban J connectivity index is 0.000000172. The fourth-order valence-electron chi connectivity index (χ4n) is 14.0. The summed E-state index contributed by atoms with van der Waals surface area (Å²) in [4.78, 5) is 43.1. The van der Waals surface area contributed by atoms with Crippen molar-refractivity contribution in [2.75, 3.05) is 24.6 Å². The molecule has 0 radical (unpaired) electrons. The Hall–Kier alpha value is -6.09. The number of aryl methyl sites for hydroxylation is 2. The van der Waals surface area contributed by atoms with Crippen LogP contribution in [-0.2, 0) is 23.7 Å². The van der Waals surface area contributed by atoms with Crippen LogP contribution in [0.1, 0.15) is 155 Å². The highest BCUT2D eigenvalue weighted by Gasteiger charge is 2.47. The number of benzene rings is 2. The molecule has 0 unspecified atom stereocenters. The number of H-pyrrole nitrogens is 2. The molecule has 4 aliphatic rings. The number of hydrogen-bond donors (Lipinski definition) is 8. The van der Waals surface area contributed by atoms with Crippen LogP contribution in [0, 0.1) is 23.7 Å². The topological polar surface area (TPSA) is 271 Å². The van der Waals surface area contributed by atoms with Crippen molar-refractivity contribution in [3.63, 3.8) is 0 Å². The summed E-state index contributed by atoms with van der Waals surface area (Å²) >= 11 is 0. The second-order valence-corrected chi connectivity index (χ2v) is 27.4. The van der Waals surface area contributed by atoms with Gasteiger partial charge in [0.05, 0.1) is 58.1 Å². The van der Waals surface area contributed by atoms with Gasteiger partial charge in [-0.15, -0.1) is 0 Å². The van der Waals surface area contributed by atoms with Crippen molar-refractivity contribution < 1.29 is 20.4 Å². The standard InChI is InChI=1S/C32H45N7O2.C31H44N8O2/c1-18(2)39(16-20-14-26(29(41)28(20)40)38-11-10-23-30(33)34-17-35-31(23)38)22-12-19(13-22)6-9-27-36-24-8-7-21(32(3,4)5)15-25(24)37-27;1-17(2)38(14-19-12-24(28(41)27(19)40)39-16-35-26-29(32)33-15-34-30(26)39)21-10-18(11-21)6-9-25-36-22-8-7-20(31(3,4)5)13-23(22)37-25/h7-8,10-11,15,17-20,22,26,28-29,40-41H,6,9,12-14,16H2,1-5H3,(H,36,37)(H2,33,34,35);7-8,13,15-19,21,24,27-28,40-41H,6,9-12,14H2,1-5H3,(H,36,37)(H2,32,33,34)/t19?,20-,22?,26-,28-,29+;18?,19-,21?,24-,27-,28+/m11/s1. The summed E-state index contributed by atoms with van der Waals surface area (Å²) in [5, 5.41) is 45.0. The first-order chi connectivity index (χ1) is 39.0. The van der Waals surface area contributed by atoms with E-state index in [0.717, 1.165) is 90.7 Å². The number of aliphatic hydroxyl groups is 4. The molecule has 2 aromatic carbocycles. The van der Waals surface area contributed by atoms with Gasteiger partial charge in [-0.05, 0) is 143 Å². The van der Waals surface area contributed by atoms with Crippen LogP contribution in [0.2, 0.25) is 0 Å². The van der Waals surface area contributed by atoms with E-state index in [1.807, 2.05) is 21.4 Å². The van der Waals surface area contributed by atoms with Gasteiger partial charge in [-0.1, -0.05) is 53.7 Å². The fourth-order valence-corrected chi connectivity index (χ4v) is 14.0. The first-order valence-electron chi connectivity index (χ1n) is 30.2. The quantitative estimate of drug-likeness (QED) is 0.0450. The van der Waals surface area contributed by atoms with Crippen LogP contribution in [0.3, 0.4) is 0 Å². The predicted octanol–water partition coefficient (Wildman–Crippen LogP) is 8.58. The van der Waals surface area contributed by atoms with E-state index in [-0.39, 0.29) is 34.7 Å². The Bertz CT molecular complexity index is 3260. The molecule has 6 heterocycles. The minimum Gasteiger partial charge on any atom is -0.390 e. The van der Waals surface area contributed by atoms with Crippen LogP contribution in [0.15, 0.2) is 67.6 Å². The van der Waals surface area contributed by atoms with Gasteiger partial charge in [0.1, 0.15) is 53.5 Å². The Labute approximate surface area is 481 Å².